The van der Waals surface area contributed by atoms with Gasteiger partial charge in [-0.3, -0.25) is 4.79 Å². The molecule has 1 aliphatic rings. The number of methoxy groups -OCH3 is 1. The summed E-state index contributed by atoms with van der Waals surface area (Å²) in [6.07, 6.45) is -0.688. The second-order valence-corrected chi connectivity index (χ2v) is 4.18. The summed E-state index contributed by atoms with van der Waals surface area (Å²) in [6, 6.07) is 6.50. The third-order valence-electron chi connectivity index (χ3n) is 2.82. The van der Waals surface area contributed by atoms with Crippen LogP contribution in [-0.4, -0.2) is 49.7 Å². The van der Waals surface area contributed by atoms with Gasteiger partial charge in [0.25, 0.3) is 5.91 Å². The molecule has 8 nitrogen and oxygen atoms in total. The molecule has 0 bridgehead atoms. The molecule has 0 aromatic heterocycles. The van der Waals surface area contributed by atoms with Gasteiger partial charge in [0.15, 0.2) is 6.61 Å². The van der Waals surface area contributed by atoms with Crippen molar-refractivity contribution < 1.29 is 23.9 Å². The van der Waals surface area contributed by atoms with Crippen molar-refractivity contribution in [1.82, 2.24) is 10.2 Å². The van der Waals surface area contributed by atoms with E-state index < -0.39 is 18.0 Å². The van der Waals surface area contributed by atoms with Gasteiger partial charge in [-0.2, -0.15) is 0 Å². The Balaban J connectivity index is 1.80. The number of nitrogens with zero attached hydrogens (tertiary/aromatic N) is 1. The smallest absolute Gasteiger partial charge is 0.417 e. The van der Waals surface area contributed by atoms with E-state index in [1.807, 2.05) is 0 Å². The normalized spacial score (nSPS) is 13.9. The van der Waals surface area contributed by atoms with E-state index in [0.29, 0.717) is 11.4 Å². The van der Waals surface area contributed by atoms with Gasteiger partial charge >= 0.3 is 12.1 Å². The van der Waals surface area contributed by atoms with Crippen molar-refractivity contribution in [2.24, 2.45) is 0 Å². The molecular formula is C13H15N3O5. The van der Waals surface area contributed by atoms with Gasteiger partial charge in [-0.1, -0.05) is 12.1 Å². The Hall–Kier alpha value is -2.77. The molecule has 0 saturated carbocycles. The standard InChI is InChI=1S/C13H15N3O5/c1-20-10-5-3-2-4-9(10)15-12(18)14-6-7-16-11(17)8-21-13(16)19/h2-5H,6-8H2,1H3,(H2,14,15,18). The van der Waals surface area contributed by atoms with E-state index in [0.717, 1.165) is 4.90 Å². The molecule has 112 valence electrons. The zero-order valence-corrected chi connectivity index (χ0v) is 11.4. The number of rotatable bonds is 5. The van der Waals surface area contributed by atoms with E-state index in [2.05, 4.69) is 15.4 Å². The van der Waals surface area contributed by atoms with E-state index in [4.69, 9.17) is 4.74 Å². The number of nitrogens with one attached hydrogen (secondary N) is 2. The number of ether oxygens (including phenoxy) is 2. The molecule has 0 radical (unpaired) electrons. The highest BCUT2D eigenvalue weighted by atomic mass is 16.6. The van der Waals surface area contributed by atoms with Crippen molar-refractivity contribution in [3.05, 3.63) is 24.3 Å². The number of amides is 4. The minimum Gasteiger partial charge on any atom is -0.495 e. The average molecular weight is 293 g/mol. The van der Waals surface area contributed by atoms with E-state index in [1.54, 1.807) is 24.3 Å². The highest BCUT2D eigenvalue weighted by Gasteiger charge is 2.30. The Bertz CT molecular complexity index is 544. The summed E-state index contributed by atoms with van der Waals surface area (Å²) in [5, 5.41) is 5.16. The van der Waals surface area contributed by atoms with Crippen LogP contribution in [-0.2, 0) is 9.53 Å². The number of para-hydroxylation sites is 2. The number of imide groups is 1. The van der Waals surface area contributed by atoms with Gasteiger partial charge in [0, 0.05) is 13.1 Å². The van der Waals surface area contributed by atoms with Crippen molar-refractivity contribution >= 4 is 23.7 Å². The molecule has 21 heavy (non-hydrogen) atoms. The summed E-state index contributed by atoms with van der Waals surface area (Å²) in [7, 11) is 1.50. The van der Waals surface area contributed by atoms with Gasteiger partial charge in [0.05, 0.1) is 12.8 Å². The molecule has 1 aromatic carbocycles. The van der Waals surface area contributed by atoms with Crippen LogP contribution in [0.1, 0.15) is 0 Å². The number of anilines is 1. The lowest BCUT2D eigenvalue weighted by molar-refractivity contribution is -0.125. The number of benzene rings is 1. The van der Waals surface area contributed by atoms with Crippen LogP contribution in [0, 0.1) is 0 Å². The van der Waals surface area contributed by atoms with Crippen LogP contribution in [0.25, 0.3) is 0 Å². The minimum absolute atomic E-state index is 0.0665. The van der Waals surface area contributed by atoms with Crippen LogP contribution in [0.3, 0.4) is 0 Å². The van der Waals surface area contributed by atoms with Crippen LogP contribution in [0.4, 0.5) is 15.3 Å². The third-order valence-corrected chi connectivity index (χ3v) is 2.82. The lowest BCUT2D eigenvalue weighted by Crippen LogP contribution is -2.39. The molecule has 2 N–H and O–H groups in total. The van der Waals surface area contributed by atoms with Crippen molar-refractivity contribution in [2.75, 3.05) is 32.1 Å². The first-order chi connectivity index (χ1) is 10.1. The molecule has 0 atom stereocenters. The molecule has 2 rings (SSSR count). The van der Waals surface area contributed by atoms with Gasteiger partial charge in [-0.15, -0.1) is 0 Å². The lowest BCUT2D eigenvalue weighted by atomic mass is 10.3. The fourth-order valence-corrected chi connectivity index (χ4v) is 1.79. The molecule has 1 heterocycles. The van der Waals surface area contributed by atoms with Gasteiger partial charge in [-0.25, -0.2) is 14.5 Å². The number of urea groups is 1. The third kappa shape index (κ3) is 3.62. The summed E-state index contributed by atoms with van der Waals surface area (Å²) >= 11 is 0. The Kier molecular flexibility index (Phi) is 4.60. The van der Waals surface area contributed by atoms with Gasteiger partial charge in [-0.05, 0) is 12.1 Å². The van der Waals surface area contributed by atoms with Crippen molar-refractivity contribution in [3.63, 3.8) is 0 Å². The number of hydrogen-bond acceptors (Lipinski definition) is 5. The topological polar surface area (TPSA) is 97.0 Å². The maximum Gasteiger partial charge on any atom is 0.417 e. The highest BCUT2D eigenvalue weighted by Crippen LogP contribution is 2.22. The molecule has 0 unspecified atom stereocenters. The number of cyclic esters (lactones) is 1. The first kappa shape index (κ1) is 14.6. The maximum absolute atomic E-state index is 11.7. The molecule has 1 aromatic rings. The van der Waals surface area contributed by atoms with Crippen LogP contribution in [0.5, 0.6) is 5.75 Å². The average Bonchev–Trinajstić information content (AvgIpc) is 2.79. The van der Waals surface area contributed by atoms with Gasteiger partial charge < -0.3 is 20.1 Å². The largest absolute Gasteiger partial charge is 0.495 e. The molecule has 0 spiro atoms. The van der Waals surface area contributed by atoms with Gasteiger partial charge in [0.1, 0.15) is 5.75 Å². The molecular weight excluding hydrogens is 278 g/mol. The second kappa shape index (κ2) is 6.60. The van der Waals surface area contributed by atoms with Crippen molar-refractivity contribution in [3.8, 4) is 5.75 Å². The number of carbonyl (C=O) groups is 3. The quantitative estimate of drug-likeness (QED) is 0.836. The Morgan fingerprint density at radius 1 is 1.38 bits per heavy atom. The molecule has 1 saturated heterocycles. The molecule has 1 aliphatic heterocycles. The SMILES string of the molecule is COc1ccccc1NC(=O)NCCN1C(=O)COC1=O. The number of carbonyl (C=O) groups excluding carboxylic acids is 3. The Labute approximate surface area is 121 Å². The number of hydrogen-bond donors (Lipinski definition) is 2. The fourth-order valence-electron chi connectivity index (χ4n) is 1.79. The highest BCUT2D eigenvalue weighted by molar-refractivity contribution is 5.98. The minimum atomic E-state index is -0.688. The van der Waals surface area contributed by atoms with E-state index in [9.17, 15) is 14.4 Å². The van der Waals surface area contributed by atoms with Gasteiger partial charge in [0.2, 0.25) is 0 Å². The maximum atomic E-state index is 11.7. The van der Waals surface area contributed by atoms with E-state index in [1.165, 1.54) is 7.11 Å². The summed E-state index contributed by atoms with van der Waals surface area (Å²) in [4.78, 5) is 35.1. The first-order valence-electron chi connectivity index (χ1n) is 6.27. The Morgan fingerprint density at radius 3 is 2.81 bits per heavy atom. The van der Waals surface area contributed by atoms with E-state index >= 15 is 0 Å². The lowest BCUT2D eigenvalue weighted by Gasteiger charge is -2.13. The summed E-state index contributed by atoms with van der Waals surface area (Å²) in [5.41, 5.74) is 0.522. The summed E-state index contributed by atoms with van der Waals surface area (Å²) in [6.45, 7) is -0.0505. The first-order valence-corrected chi connectivity index (χ1v) is 6.27. The zero-order chi connectivity index (χ0) is 15.2. The molecule has 8 heteroatoms. The van der Waals surface area contributed by atoms with Crippen LogP contribution < -0.4 is 15.4 Å². The van der Waals surface area contributed by atoms with Crippen molar-refractivity contribution in [2.45, 2.75) is 0 Å². The zero-order valence-electron chi connectivity index (χ0n) is 11.4. The molecule has 0 aliphatic carbocycles. The summed E-state index contributed by atoms with van der Waals surface area (Å²) in [5.74, 6) is 0.123. The molecule has 1 fully saturated rings. The fraction of sp³-hybridized carbons (Fsp3) is 0.308. The van der Waals surface area contributed by atoms with Crippen molar-refractivity contribution in [1.29, 1.82) is 0 Å². The van der Waals surface area contributed by atoms with Crippen LogP contribution in [0.2, 0.25) is 0 Å². The predicted molar refractivity (Wildman–Crippen MR) is 73.1 cm³/mol. The molecule has 4 amide bonds. The van der Waals surface area contributed by atoms with Crippen LogP contribution in [0.15, 0.2) is 24.3 Å². The predicted octanol–water partition coefficient (Wildman–Crippen LogP) is 0.795. The Morgan fingerprint density at radius 2 is 2.14 bits per heavy atom. The monoisotopic (exact) mass is 293 g/mol. The van der Waals surface area contributed by atoms with E-state index in [-0.39, 0.29) is 19.7 Å². The summed E-state index contributed by atoms with van der Waals surface area (Å²) < 4.78 is 9.66. The second-order valence-electron chi connectivity index (χ2n) is 4.18. The van der Waals surface area contributed by atoms with Crippen LogP contribution >= 0.6 is 0 Å².